The highest BCUT2D eigenvalue weighted by Crippen LogP contribution is 2.29. The zero-order valence-corrected chi connectivity index (χ0v) is 11.3. The molecule has 2 nitrogen and oxygen atoms in total. The molecule has 1 N–H and O–H groups in total. The minimum Gasteiger partial charge on any atom is -0.315 e. The van der Waals surface area contributed by atoms with Crippen LogP contribution in [0, 0.1) is 5.92 Å². The van der Waals surface area contributed by atoms with Crippen molar-refractivity contribution in [1.29, 1.82) is 0 Å². The SMILES string of the molecule is FC(F)(F)C1CNCCCN1CC1CCSCC1. The first-order chi connectivity index (χ1) is 8.57. The van der Waals surface area contributed by atoms with E-state index < -0.39 is 12.2 Å². The monoisotopic (exact) mass is 282 g/mol. The minimum absolute atomic E-state index is 0.0466. The average molecular weight is 282 g/mol. The number of rotatable bonds is 2. The largest absolute Gasteiger partial charge is 0.405 e. The summed E-state index contributed by atoms with van der Waals surface area (Å²) in [7, 11) is 0. The van der Waals surface area contributed by atoms with Gasteiger partial charge in [-0.3, -0.25) is 4.90 Å². The van der Waals surface area contributed by atoms with Gasteiger partial charge in [-0.2, -0.15) is 24.9 Å². The van der Waals surface area contributed by atoms with Crippen molar-refractivity contribution in [2.24, 2.45) is 5.92 Å². The predicted molar refractivity (Wildman–Crippen MR) is 69.0 cm³/mol. The summed E-state index contributed by atoms with van der Waals surface area (Å²) in [6.45, 7) is 1.93. The van der Waals surface area contributed by atoms with Crippen molar-refractivity contribution in [2.45, 2.75) is 31.5 Å². The molecule has 0 aliphatic carbocycles. The zero-order chi connectivity index (χ0) is 13.0. The maximum Gasteiger partial charge on any atom is 0.405 e. The molecule has 0 aromatic rings. The van der Waals surface area contributed by atoms with Crippen LogP contribution < -0.4 is 5.32 Å². The Bertz CT molecular complexity index is 254. The van der Waals surface area contributed by atoms with E-state index in [1.165, 1.54) is 0 Å². The first-order valence-electron chi connectivity index (χ1n) is 6.66. The van der Waals surface area contributed by atoms with Gasteiger partial charge in [0.05, 0.1) is 0 Å². The van der Waals surface area contributed by atoms with Crippen LogP contribution >= 0.6 is 11.8 Å². The summed E-state index contributed by atoms with van der Waals surface area (Å²) in [6.07, 6.45) is -1.16. The normalized spacial score (nSPS) is 29.2. The molecule has 2 saturated heterocycles. The van der Waals surface area contributed by atoms with Gasteiger partial charge in [0, 0.05) is 19.6 Å². The van der Waals surface area contributed by atoms with Crippen LogP contribution in [0.1, 0.15) is 19.3 Å². The van der Waals surface area contributed by atoms with E-state index >= 15 is 0 Å². The quantitative estimate of drug-likeness (QED) is 0.837. The van der Waals surface area contributed by atoms with E-state index in [9.17, 15) is 13.2 Å². The molecule has 2 aliphatic rings. The number of nitrogens with zero attached hydrogens (tertiary/aromatic N) is 1. The Balaban J connectivity index is 1.96. The Morgan fingerprint density at radius 3 is 2.61 bits per heavy atom. The number of hydrogen-bond acceptors (Lipinski definition) is 3. The third-order valence-electron chi connectivity index (χ3n) is 3.79. The zero-order valence-electron chi connectivity index (χ0n) is 10.5. The summed E-state index contributed by atoms with van der Waals surface area (Å²) >= 11 is 1.92. The molecular weight excluding hydrogens is 261 g/mol. The van der Waals surface area contributed by atoms with Crippen molar-refractivity contribution in [3.8, 4) is 0 Å². The van der Waals surface area contributed by atoms with Crippen LogP contribution in [0.2, 0.25) is 0 Å². The predicted octanol–water partition coefficient (Wildman–Crippen LogP) is 2.36. The highest BCUT2D eigenvalue weighted by molar-refractivity contribution is 7.99. The van der Waals surface area contributed by atoms with E-state index in [2.05, 4.69) is 5.32 Å². The third-order valence-corrected chi connectivity index (χ3v) is 4.84. The van der Waals surface area contributed by atoms with Gasteiger partial charge in [0.2, 0.25) is 0 Å². The van der Waals surface area contributed by atoms with Crippen LogP contribution in [0.3, 0.4) is 0 Å². The maximum absolute atomic E-state index is 13.0. The molecular formula is C12H21F3N2S. The van der Waals surface area contributed by atoms with Crippen molar-refractivity contribution >= 4 is 11.8 Å². The summed E-state index contributed by atoms with van der Waals surface area (Å²) in [5.74, 6) is 2.66. The fourth-order valence-corrected chi connectivity index (χ4v) is 3.94. The lowest BCUT2D eigenvalue weighted by Crippen LogP contribution is -2.51. The first kappa shape index (κ1) is 14.5. The van der Waals surface area contributed by atoms with Gasteiger partial charge in [0.15, 0.2) is 0 Å². The molecule has 6 heteroatoms. The number of halogens is 3. The van der Waals surface area contributed by atoms with E-state index in [0.29, 0.717) is 25.6 Å². The Hall–Kier alpha value is 0.0600. The molecule has 0 aromatic heterocycles. The lowest BCUT2D eigenvalue weighted by Gasteiger charge is -2.35. The van der Waals surface area contributed by atoms with E-state index in [4.69, 9.17) is 0 Å². The molecule has 2 rings (SSSR count). The summed E-state index contributed by atoms with van der Waals surface area (Å²) in [5, 5.41) is 2.91. The molecule has 2 heterocycles. The van der Waals surface area contributed by atoms with Crippen LogP contribution in [0.25, 0.3) is 0 Å². The van der Waals surface area contributed by atoms with Gasteiger partial charge in [0.1, 0.15) is 6.04 Å². The molecule has 0 bridgehead atoms. The second-order valence-electron chi connectivity index (χ2n) is 5.17. The van der Waals surface area contributed by atoms with Crippen molar-refractivity contribution < 1.29 is 13.2 Å². The molecule has 1 unspecified atom stereocenters. The van der Waals surface area contributed by atoms with Crippen LogP contribution in [-0.4, -0.2) is 54.8 Å². The van der Waals surface area contributed by atoms with E-state index in [0.717, 1.165) is 30.8 Å². The summed E-state index contributed by atoms with van der Waals surface area (Å²) in [4.78, 5) is 1.67. The molecule has 0 amide bonds. The second kappa shape index (κ2) is 6.48. The van der Waals surface area contributed by atoms with Gasteiger partial charge < -0.3 is 5.32 Å². The van der Waals surface area contributed by atoms with E-state index in [-0.39, 0.29) is 6.54 Å². The number of thioether (sulfide) groups is 1. The fourth-order valence-electron chi connectivity index (χ4n) is 2.73. The van der Waals surface area contributed by atoms with Crippen LogP contribution in [0.5, 0.6) is 0 Å². The topological polar surface area (TPSA) is 15.3 Å². The number of alkyl halides is 3. The summed E-state index contributed by atoms with van der Waals surface area (Å²) in [6, 6.07) is -1.30. The molecule has 2 fully saturated rings. The highest BCUT2D eigenvalue weighted by Gasteiger charge is 2.44. The van der Waals surface area contributed by atoms with E-state index in [1.807, 2.05) is 11.8 Å². The standard InChI is InChI=1S/C12H21F3N2S/c13-12(14,15)11-8-16-4-1-5-17(11)9-10-2-6-18-7-3-10/h10-11,16H,1-9H2. The van der Waals surface area contributed by atoms with Crippen LogP contribution in [0.4, 0.5) is 13.2 Å². The van der Waals surface area contributed by atoms with Gasteiger partial charge in [-0.15, -0.1) is 0 Å². The fraction of sp³-hybridized carbons (Fsp3) is 1.00. The van der Waals surface area contributed by atoms with Gasteiger partial charge in [0.25, 0.3) is 0 Å². The van der Waals surface area contributed by atoms with Crippen molar-refractivity contribution in [1.82, 2.24) is 10.2 Å². The molecule has 0 aromatic carbocycles. The molecule has 18 heavy (non-hydrogen) atoms. The molecule has 1 atom stereocenters. The molecule has 0 saturated carbocycles. The van der Waals surface area contributed by atoms with Crippen molar-refractivity contribution in [3.63, 3.8) is 0 Å². The third kappa shape index (κ3) is 4.03. The van der Waals surface area contributed by atoms with Gasteiger partial charge in [-0.1, -0.05) is 0 Å². The Kier molecular flexibility index (Phi) is 5.21. The van der Waals surface area contributed by atoms with Crippen molar-refractivity contribution in [3.05, 3.63) is 0 Å². The Morgan fingerprint density at radius 1 is 1.22 bits per heavy atom. The van der Waals surface area contributed by atoms with Gasteiger partial charge in [-0.05, 0) is 43.2 Å². The number of hydrogen-bond donors (Lipinski definition) is 1. The molecule has 106 valence electrons. The van der Waals surface area contributed by atoms with Gasteiger partial charge >= 0.3 is 6.18 Å². The maximum atomic E-state index is 13.0. The van der Waals surface area contributed by atoms with Crippen molar-refractivity contribution in [2.75, 3.05) is 37.7 Å². The second-order valence-corrected chi connectivity index (χ2v) is 6.39. The highest BCUT2D eigenvalue weighted by atomic mass is 32.2. The van der Waals surface area contributed by atoms with Gasteiger partial charge in [-0.25, -0.2) is 0 Å². The summed E-state index contributed by atoms with van der Waals surface area (Å²) in [5.41, 5.74) is 0. The average Bonchev–Trinajstić information content (AvgIpc) is 2.55. The Morgan fingerprint density at radius 2 is 1.94 bits per heavy atom. The summed E-state index contributed by atoms with van der Waals surface area (Å²) < 4.78 is 39.1. The molecule has 0 spiro atoms. The minimum atomic E-state index is -4.11. The lowest BCUT2D eigenvalue weighted by molar-refractivity contribution is -0.182. The van der Waals surface area contributed by atoms with Crippen LogP contribution in [-0.2, 0) is 0 Å². The molecule has 2 aliphatic heterocycles. The first-order valence-corrected chi connectivity index (χ1v) is 7.82. The Labute approximate surface area is 111 Å². The smallest absolute Gasteiger partial charge is 0.315 e. The van der Waals surface area contributed by atoms with Crippen LogP contribution in [0.15, 0.2) is 0 Å². The number of nitrogens with one attached hydrogen (secondary N) is 1. The lowest BCUT2D eigenvalue weighted by atomic mass is 10.0. The van der Waals surface area contributed by atoms with E-state index in [1.54, 1.807) is 4.90 Å². The molecule has 0 radical (unpaired) electrons.